The Morgan fingerprint density at radius 2 is 2.16 bits per heavy atom. The van der Waals surface area contributed by atoms with Crippen LogP contribution in [-0.2, 0) is 4.74 Å². The first-order valence-corrected chi connectivity index (χ1v) is 7.01. The zero-order valence-electron chi connectivity index (χ0n) is 11.5. The lowest BCUT2D eigenvalue weighted by atomic mass is 10.1. The Morgan fingerprint density at radius 1 is 1.47 bits per heavy atom. The molecule has 5 heteroatoms. The van der Waals surface area contributed by atoms with Gasteiger partial charge in [-0.2, -0.15) is 0 Å². The van der Waals surface area contributed by atoms with E-state index < -0.39 is 5.97 Å². The number of rotatable bonds is 7. The van der Waals surface area contributed by atoms with Crippen molar-refractivity contribution in [2.24, 2.45) is 5.92 Å². The van der Waals surface area contributed by atoms with Gasteiger partial charge >= 0.3 is 5.97 Å². The van der Waals surface area contributed by atoms with Crippen LogP contribution in [0.5, 0.6) is 0 Å². The molecule has 0 amide bonds. The normalized spacial score (nSPS) is 10.8. The van der Waals surface area contributed by atoms with Crippen LogP contribution in [0, 0.1) is 5.92 Å². The lowest BCUT2D eigenvalue weighted by molar-refractivity contribution is 0.0697. The average Bonchev–Trinajstić information content (AvgIpc) is 2.33. The molecule has 4 nitrogen and oxygen atoms in total. The topological polar surface area (TPSA) is 49.8 Å². The third kappa shape index (κ3) is 4.84. The molecule has 0 fully saturated rings. The van der Waals surface area contributed by atoms with Gasteiger partial charge in [-0.15, -0.1) is 0 Å². The summed E-state index contributed by atoms with van der Waals surface area (Å²) in [7, 11) is 1.65. The second-order valence-corrected chi connectivity index (χ2v) is 5.71. The van der Waals surface area contributed by atoms with Gasteiger partial charge in [-0.1, -0.05) is 29.8 Å². The van der Waals surface area contributed by atoms with Gasteiger partial charge in [0, 0.05) is 24.7 Å². The summed E-state index contributed by atoms with van der Waals surface area (Å²) in [6, 6.07) is 5.22. The van der Waals surface area contributed by atoms with Crippen molar-refractivity contribution in [3.05, 3.63) is 28.2 Å². The second-order valence-electron chi connectivity index (χ2n) is 4.80. The highest BCUT2D eigenvalue weighted by molar-refractivity contribution is 9.10. The number of carboxylic acid groups (broad SMARTS) is 1. The van der Waals surface area contributed by atoms with Gasteiger partial charge in [0.05, 0.1) is 17.9 Å². The predicted octanol–water partition coefficient (Wildman–Crippen LogP) is 3.26. The molecule has 0 unspecified atom stereocenters. The van der Waals surface area contributed by atoms with Gasteiger partial charge in [-0.25, -0.2) is 4.79 Å². The Kier molecular flexibility index (Phi) is 6.31. The summed E-state index contributed by atoms with van der Waals surface area (Å²) in [5.41, 5.74) is 1.05. The number of methoxy groups -OCH3 is 1. The van der Waals surface area contributed by atoms with E-state index in [2.05, 4.69) is 34.7 Å². The zero-order chi connectivity index (χ0) is 14.4. The first-order valence-electron chi connectivity index (χ1n) is 6.22. The maximum absolute atomic E-state index is 11.3. The van der Waals surface area contributed by atoms with Crippen LogP contribution >= 0.6 is 15.9 Å². The van der Waals surface area contributed by atoms with Crippen LogP contribution in [0.25, 0.3) is 0 Å². The van der Waals surface area contributed by atoms with Gasteiger partial charge in [0.2, 0.25) is 0 Å². The minimum atomic E-state index is -0.909. The molecule has 0 aromatic heterocycles. The van der Waals surface area contributed by atoms with Crippen molar-refractivity contribution < 1.29 is 14.6 Å². The fraction of sp³-hybridized carbons (Fsp3) is 0.500. The van der Waals surface area contributed by atoms with E-state index in [1.54, 1.807) is 19.2 Å². The number of halogens is 1. The minimum Gasteiger partial charge on any atom is -0.478 e. The van der Waals surface area contributed by atoms with Crippen molar-refractivity contribution in [1.82, 2.24) is 0 Å². The maximum atomic E-state index is 11.3. The number of benzene rings is 1. The standard InChI is InChI=1S/C14H20BrNO3/c1-10(2)9-16(6-7-19-3)13-8-11(15)4-5-12(13)14(17)18/h4-5,8,10H,6-7,9H2,1-3H3,(H,17,18). The molecule has 0 radical (unpaired) electrons. The van der Waals surface area contributed by atoms with Crippen LogP contribution in [0.4, 0.5) is 5.69 Å². The summed E-state index contributed by atoms with van der Waals surface area (Å²) in [6.45, 7) is 6.25. The molecule has 0 heterocycles. The molecule has 1 aromatic rings. The smallest absolute Gasteiger partial charge is 0.337 e. The Labute approximate surface area is 122 Å². The summed E-state index contributed by atoms with van der Waals surface area (Å²) in [4.78, 5) is 13.4. The van der Waals surface area contributed by atoms with Gasteiger partial charge in [0.1, 0.15) is 0 Å². The Balaban J connectivity index is 3.11. The van der Waals surface area contributed by atoms with Crippen LogP contribution in [0.1, 0.15) is 24.2 Å². The number of ether oxygens (including phenoxy) is 1. The third-order valence-electron chi connectivity index (χ3n) is 2.68. The number of carboxylic acids is 1. The number of anilines is 1. The van der Waals surface area contributed by atoms with E-state index in [-0.39, 0.29) is 0 Å². The molecule has 0 spiro atoms. The van der Waals surface area contributed by atoms with Crippen LogP contribution in [0.2, 0.25) is 0 Å². The molecule has 0 saturated heterocycles. The monoisotopic (exact) mass is 329 g/mol. The molecule has 0 bridgehead atoms. The van der Waals surface area contributed by atoms with Gasteiger partial charge in [0.15, 0.2) is 0 Å². The molecule has 0 aliphatic carbocycles. The van der Waals surface area contributed by atoms with Crippen molar-refractivity contribution in [2.45, 2.75) is 13.8 Å². The number of nitrogens with zero attached hydrogens (tertiary/aromatic N) is 1. The van der Waals surface area contributed by atoms with Crippen molar-refractivity contribution in [3.8, 4) is 0 Å². The first kappa shape index (κ1) is 16.0. The van der Waals surface area contributed by atoms with E-state index in [9.17, 15) is 9.90 Å². The van der Waals surface area contributed by atoms with E-state index in [0.717, 1.165) is 16.7 Å². The first-order chi connectivity index (χ1) is 8.95. The molecule has 106 valence electrons. The SMILES string of the molecule is COCCN(CC(C)C)c1cc(Br)ccc1C(=O)O. The molecular formula is C14H20BrNO3. The molecule has 0 atom stereocenters. The second kappa shape index (κ2) is 7.50. The fourth-order valence-electron chi connectivity index (χ4n) is 1.90. The van der Waals surface area contributed by atoms with Crippen molar-refractivity contribution in [1.29, 1.82) is 0 Å². The van der Waals surface area contributed by atoms with Gasteiger partial charge in [0.25, 0.3) is 0 Å². The van der Waals surface area contributed by atoms with Gasteiger partial charge in [-0.3, -0.25) is 0 Å². The lowest BCUT2D eigenvalue weighted by Crippen LogP contribution is -2.32. The Hall–Kier alpha value is -1.07. The Bertz CT molecular complexity index is 435. The van der Waals surface area contributed by atoms with Crippen LogP contribution in [-0.4, -0.2) is 37.9 Å². The number of aromatic carboxylic acids is 1. The summed E-state index contributed by atoms with van der Waals surface area (Å²) in [6.07, 6.45) is 0. The van der Waals surface area contributed by atoms with Crippen LogP contribution in [0.15, 0.2) is 22.7 Å². The molecule has 0 aliphatic heterocycles. The molecule has 1 N–H and O–H groups in total. The number of carbonyl (C=O) groups is 1. The number of hydrogen-bond donors (Lipinski definition) is 1. The summed E-state index contributed by atoms with van der Waals surface area (Å²) < 4.78 is 5.98. The summed E-state index contributed by atoms with van der Waals surface area (Å²) in [5, 5.41) is 9.29. The Morgan fingerprint density at radius 3 is 2.68 bits per heavy atom. The van der Waals surface area contributed by atoms with Gasteiger partial charge in [-0.05, 0) is 24.1 Å². The molecule has 1 rings (SSSR count). The maximum Gasteiger partial charge on any atom is 0.337 e. The quantitative estimate of drug-likeness (QED) is 0.834. The van der Waals surface area contributed by atoms with Crippen LogP contribution < -0.4 is 4.90 Å². The highest BCUT2D eigenvalue weighted by Gasteiger charge is 2.17. The number of hydrogen-bond acceptors (Lipinski definition) is 3. The highest BCUT2D eigenvalue weighted by Crippen LogP contribution is 2.26. The van der Waals surface area contributed by atoms with Crippen molar-refractivity contribution in [3.63, 3.8) is 0 Å². The predicted molar refractivity (Wildman–Crippen MR) is 80.0 cm³/mol. The summed E-state index contributed by atoms with van der Waals surface area (Å²) >= 11 is 3.40. The molecular weight excluding hydrogens is 310 g/mol. The van der Waals surface area contributed by atoms with E-state index in [1.165, 1.54) is 0 Å². The minimum absolute atomic E-state index is 0.319. The molecule has 0 saturated carbocycles. The van der Waals surface area contributed by atoms with E-state index in [1.807, 2.05) is 6.07 Å². The van der Waals surface area contributed by atoms with Crippen molar-refractivity contribution in [2.75, 3.05) is 31.7 Å². The van der Waals surface area contributed by atoms with Crippen molar-refractivity contribution >= 4 is 27.6 Å². The van der Waals surface area contributed by atoms with Crippen LogP contribution in [0.3, 0.4) is 0 Å². The summed E-state index contributed by atoms with van der Waals surface area (Å²) in [5.74, 6) is -0.467. The largest absolute Gasteiger partial charge is 0.478 e. The van der Waals surface area contributed by atoms with E-state index in [0.29, 0.717) is 24.6 Å². The zero-order valence-corrected chi connectivity index (χ0v) is 13.1. The average molecular weight is 330 g/mol. The van der Waals surface area contributed by atoms with Gasteiger partial charge < -0.3 is 14.7 Å². The highest BCUT2D eigenvalue weighted by atomic mass is 79.9. The molecule has 0 aliphatic rings. The van der Waals surface area contributed by atoms with E-state index >= 15 is 0 Å². The molecule has 1 aromatic carbocycles. The third-order valence-corrected chi connectivity index (χ3v) is 3.17. The lowest BCUT2D eigenvalue weighted by Gasteiger charge is -2.28. The molecule has 19 heavy (non-hydrogen) atoms. The van der Waals surface area contributed by atoms with E-state index in [4.69, 9.17) is 4.74 Å². The fourth-order valence-corrected chi connectivity index (χ4v) is 2.25.